The zero-order valence-electron chi connectivity index (χ0n) is 37.7. The van der Waals surface area contributed by atoms with E-state index in [1.165, 1.54) is 98.4 Å². The van der Waals surface area contributed by atoms with E-state index in [1.807, 2.05) is 6.07 Å². The van der Waals surface area contributed by atoms with Gasteiger partial charge in [0.1, 0.15) is 11.5 Å². The zero-order chi connectivity index (χ0) is 44.8. The summed E-state index contributed by atoms with van der Waals surface area (Å²) in [4.78, 5) is 10.4. The smallest absolute Gasteiger partial charge is 0.160 e. The number of rotatable bonds is 6. The fourth-order valence-electron chi connectivity index (χ4n) is 12.1. The molecule has 0 saturated heterocycles. The highest BCUT2D eigenvalue weighted by molar-refractivity contribution is 6.12. The minimum absolute atomic E-state index is 0.0527. The second-order valence-corrected chi connectivity index (χ2v) is 19.1. The monoisotopic (exact) mass is 873 g/mol. The third kappa shape index (κ3) is 6.20. The van der Waals surface area contributed by atoms with Gasteiger partial charge in [0.05, 0.1) is 22.4 Å². The largest absolute Gasteiger partial charge is 0.461 e. The van der Waals surface area contributed by atoms with Crippen molar-refractivity contribution in [1.29, 1.82) is 0 Å². The Morgan fingerprint density at radius 1 is 0.485 bits per heavy atom. The first kappa shape index (κ1) is 39.1. The molecule has 1 fully saturated rings. The predicted molar refractivity (Wildman–Crippen MR) is 278 cm³/mol. The first-order valence-corrected chi connectivity index (χ1v) is 24.3. The average Bonchev–Trinajstić information content (AvgIpc) is 4.03. The van der Waals surface area contributed by atoms with Crippen molar-refractivity contribution in [3.8, 4) is 78.7 Å². The summed E-state index contributed by atoms with van der Waals surface area (Å²) in [6, 6.07) is 68.8. The Morgan fingerprint density at radius 2 is 1.16 bits per heavy atom. The number of hydrogen-bond donors (Lipinski definition) is 0. The molecule has 1 unspecified atom stereocenters. The van der Waals surface area contributed by atoms with E-state index in [0.29, 0.717) is 5.82 Å². The number of benzene rings is 8. The van der Waals surface area contributed by atoms with Gasteiger partial charge in [-0.1, -0.05) is 171 Å². The number of allylic oxidation sites excluding steroid dienone is 4. The first-order valence-electron chi connectivity index (χ1n) is 24.3. The van der Waals surface area contributed by atoms with Crippen molar-refractivity contribution < 1.29 is 4.74 Å². The number of aromatic nitrogens is 3. The summed E-state index contributed by atoms with van der Waals surface area (Å²) in [5.74, 6) is 3.01. The highest BCUT2D eigenvalue weighted by Gasteiger charge is 2.44. The van der Waals surface area contributed by atoms with Crippen LogP contribution in [0.15, 0.2) is 212 Å². The number of fused-ring (bicyclic) bond motifs is 11. The quantitative estimate of drug-likeness (QED) is 0.167. The van der Waals surface area contributed by atoms with Gasteiger partial charge in [-0.05, 0) is 112 Å². The maximum Gasteiger partial charge on any atom is 0.160 e. The van der Waals surface area contributed by atoms with Crippen LogP contribution < -0.4 is 4.74 Å². The van der Waals surface area contributed by atoms with E-state index in [2.05, 4.69) is 205 Å². The summed E-state index contributed by atoms with van der Waals surface area (Å²) in [7, 11) is 0. The molecule has 1 saturated carbocycles. The van der Waals surface area contributed by atoms with Crippen molar-refractivity contribution in [2.45, 2.75) is 49.9 Å². The molecule has 0 amide bonds. The topological polar surface area (TPSA) is 39.9 Å². The molecule has 8 aromatic carbocycles. The van der Waals surface area contributed by atoms with Crippen LogP contribution in [-0.2, 0) is 5.41 Å². The molecule has 1 spiro atoms. The molecule has 4 aliphatic rings. The van der Waals surface area contributed by atoms with Gasteiger partial charge >= 0.3 is 0 Å². The van der Waals surface area contributed by atoms with Crippen molar-refractivity contribution >= 4 is 21.8 Å². The summed E-state index contributed by atoms with van der Waals surface area (Å²) in [5, 5.41) is 2.55. The molecular formula is C64H47N3O. The Kier molecular flexibility index (Phi) is 8.92. The highest BCUT2D eigenvalue weighted by Crippen LogP contribution is 2.57. The summed E-state index contributed by atoms with van der Waals surface area (Å²) >= 11 is 0. The molecule has 4 heteroatoms. The van der Waals surface area contributed by atoms with Gasteiger partial charge in [0.15, 0.2) is 5.82 Å². The maximum atomic E-state index is 6.57. The minimum Gasteiger partial charge on any atom is -0.461 e. The second-order valence-electron chi connectivity index (χ2n) is 19.1. The third-order valence-electron chi connectivity index (χ3n) is 15.4. The Hall–Kier alpha value is -8.08. The number of nitrogens with zero attached hydrogens (tertiary/aromatic N) is 3. The molecule has 0 N–H and O–H groups in total. The fourth-order valence-corrected chi connectivity index (χ4v) is 12.1. The van der Waals surface area contributed by atoms with E-state index in [4.69, 9.17) is 14.7 Å². The van der Waals surface area contributed by atoms with Crippen molar-refractivity contribution in [1.82, 2.24) is 14.5 Å². The molecule has 3 aliphatic carbocycles. The van der Waals surface area contributed by atoms with E-state index in [1.54, 1.807) is 0 Å². The lowest BCUT2D eigenvalue weighted by Gasteiger charge is -2.36. The van der Waals surface area contributed by atoms with Crippen LogP contribution in [0.4, 0.5) is 0 Å². The predicted octanol–water partition coefficient (Wildman–Crippen LogP) is 16.5. The van der Waals surface area contributed by atoms with Gasteiger partial charge in [-0.25, -0.2) is 9.97 Å². The van der Waals surface area contributed by atoms with Crippen LogP contribution >= 0.6 is 0 Å². The second kappa shape index (κ2) is 15.5. The van der Waals surface area contributed by atoms with Crippen LogP contribution in [0.5, 0.6) is 5.75 Å². The molecule has 2 aromatic heterocycles. The average molecular weight is 874 g/mol. The SMILES string of the molecule is C1=CCC2C(=C1)Oc1cc(-n3c4ccc(-c5cccc(-c6cc(-c7ccccc7)nc(-c7ccc(-c8ccccc8)cc7)n6)c5)cc4c4cc5c(cc43)-c3ccccc3C53CCCCC3)ccc12. The molecule has 0 radical (unpaired) electrons. The third-order valence-corrected chi connectivity index (χ3v) is 15.4. The van der Waals surface area contributed by atoms with Gasteiger partial charge in [-0.3, -0.25) is 0 Å². The van der Waals surface area contributed by atoms with Crippen molar-refractivity contribution in [3.05, 3.63) is 229 Å². The number of ether oxygens (including phenoxy) is 1. The standard InChI is InChI=1S/C64H47N3O/c1-4-15-41(16-5-1)42-25-27-44(28-26-42)63-65-57(43-17-6-2-7-18-43)40-58(66-63)47-20-14-19-45(35-47)46-29-32-59-53(36-46)54-38-56-52(49-21-8-10-23-55(49)64(56)33-12-3-13-34-64)39-60(54)67(59)48-30-31-51-50-22-9-11-24-61(50)68-62(51)37-48/h1-2,4-11,14-21,23-32,35-40,50H,3,12-13,22,33-34H2. The van der Waals surface area contributed by atoms with Crippen molar-refractivity contribution in [2.24, 2.45) is 0 Å². The van der Waals surface area contributed by atoms with Crippen molar-refractivity contribution in [2.75, 3.05) is 0 Å². The normalized spacial score (nSPS) is 16.3. The van der Waals surface area contributed by atoms with Crippen LogP contribution in [0.3, 0.4) is 0 Å². The van der Waals surface area contributed by atoms with E-state index in [-0.39, 0.29) is 11.3 Å². The van der Waals surface area contributed by atoms with Crippen LogP contribution in [0, 0.1) is 0 Å². The lowest BCUT2D eigenvalue weighted by atomic mass is 9.68. The molecule has 0 bridgehead atoms. The number of hydrogen-bond acceptors (Lipinski definition) is 3. The summed E-state index contributed by atoms with van der Waals surface area (Å²) in [6.45, 7) is 0. The molecule has 4 nitrogen and oxygen atoms in total. The van der Waals surface area contributed by atoms with Gasteiger partial charge in [0.25, 0.3) is 0 Å². The van der Waals surface area contributed by atoms with Crippen LogP contribution in [0.1, 0.15) is 61.1 Å². The van der Waals surface area contributed by atoms with E-state index in [0.717, 1.165) is 57.3 Å². The van der Waals surface area contributed by atoms with Crippen LogP contribution in [-0.4, -0.2) is 14.5 Å². The van der Waals surface area contributed by atoms with Crippen LogP contribution in [0.25, 0.3) is 94.8 Å². The van der Waals surface area contributed by atoms with E-state index < -0.39 is 0 Å². The molecule has 1 aliphatic heterocycles. The summed E-state index contributed by atoms with van der Waals surface area (Å²) < 4.78 is 9.05. The molecule has 14 rings (SSSR count). The summed E-state index contributed by atoms with van der Waals surface area (Å²) in [5.41, 5.74) is 20.2. The fraction of sp³-hybridized carbons (Fsp3) is 0.125. The van der Waals surface area contributed by atoms with Crippen LogP contribution in [0.2, 0.25) is 0 Å². The van der Waals surface area contributed by atoms with Crippen molar-refractivity contribution in [3.63, 3.8) is 0 Å². The summed E-state index contributed by atoms with van der Waals surface area (Å²) in [6.07, 6.45) is 13.7. The molecule has 3 heterocycles. The first-order chi connectivity index (χ1) is 33.6. The zero-order valence-corrected chi connectivity index (χ0v) is 37.7. The highest BCUT2D eigenvalue weighted by atomic mass is 16.5. The van der Waals surface area contributed by atoms with Gasteiger partial charge < -0.3 is 9.30 Å². The lowest BCUT2D eigenvalue weighted by Crippen LogP contribution is -2.27. The Morgan fingerprint density at radius 3 is 2.00 bits per heavy atom. The van der Waals surface area contributed by atoms with Gasteiger partial charge in [-0.2, -0.15) is 0 Å². The Balaban J connectivity index is 0.920. The van der Waals surface area contributed by atoms with E-state index >= 15 is 0 Å². The van der Waals surface area contributed by atoms with E-state index in [9.17, 15) is 0 Å². The Labute approximate surface area is 396 Å². The molecule has 1 atom stereocenters. The Bertz CT molecular complexity index is 3700. The lowest BCUT2D eigenvalue weighted by molar-refractivity contribution is 0.353. The van der Waals surface area contributed by atoms with Gasteiger partial charge in [-0.15, -0.1) is 0 Å². The molecule has 10 aromatic rings. The van der Waals surface area contributed by atoms with Gasteiger partial charge in [0.2, 0.25) is 0 Å². The molecule has 68 heavy (non-hydrogen) atoms. The van der Waals surface area contributed by atoms with Gasteiger partial charge in [0, 0.05) is 56.1 Å². The minimum atomic E-state index is 0.0527. The molecule has 324 valence electrons. The molecular weight excluding hydrogens is 827 g/mol. The maximum absolute atomic E-state index is 6.57.